The topological polar surface area (TPSA) is 105 Å². The number of rotatable bonds is 9. The molecule has 0 N–H and O–H groups in total. The molecular formula is C11H22O8S2. The van der Waals surface area contributed by atoms with Crippen LogP contribution in [0.1, 0.15) is 25.7 Å². The highest BCUT2D eigenvalue weighted by molar-refractivity contribution is 7.86. The summed E-state index contributed by atoms with van der Waals surface area (Å²) in [6.45, 7) is 0.277. The van der Waals surface area contributed by atoms with Crippen LogP contribution >= 0.6 is 0 Å². The summed E-state index contributed by atoms with van der Waals surface area (Å²) in [6, 6.07) is 0. The van der Waals surface area contributed by atoms with Gasteiger partial charge in [0, 0.05) is 13.0 Å². The molecule has 1 unspecified atom stereocenters. The zero-order chi connectivity index (χ0) is 15.9. The third kappa shape index (κ3) is 10.1. The van der Waals surface area contributed by atoms with Gasteiger partial charge >= 0.3 is 0 Å². The van der Waals surface area contributed by atoms with Crippen LogP contribution in [0.2, 0.25) is 0 Å². The van der Waals surface area contributed by atoms with E-state index in [-0.39, 0.29) is 19.6 Å². The van der Waals surface area contributed by atoms with Gasteiger partial charge in [0.2, 0.25) is 0 Å². The fourth-order valence-corrected chi connectivity index (χ4v) is 2.55. The van der Waals surface area contributed by atoms with Crippen LogP contribution in [-0.2, 0) is 38.1 Å². The predicted octanol–water partition coefficient (Wildman–Crippen LogP) is 0.241. The van der Waals surface area contributed by atoms with Crippen molar-refractivity contribution in [2.24, 2.45) is 0 Å². The zero-order valence-corrected chi connectivity index (χ0v) is 13.8. The molecular weight excluding hydrogens is 324 g/mol. The summed E-state index contributed by atoms with van der Waals surface area (Å²) >= 11 is 0. The lowest BCUT2D eigenvalue weighted by atomic mass is 10.2. The Bertz CT molecular complexity index is 492. The normalized spacial score (nSPS) is 22.1. The van der Waals surface area contributed by atoms with Gasteiger partial charge in [-0.1, -0.05) is 0 Å². The molecule has 0 aromatic rings. The highest BCUT2D eigenvalue weighted by Gasteiger charge is 2.22. The average Bonchev–Trinajstić information content (AvgIpc) is 2.34. The molecule has 1 aliphatic rings. The van der Waals surface area contributed by atoms with Crippen LogP contribution in [0.3, 0.4) is 0 Å². The van der Waals surface area contributed by atoms with Crippen molar-refractivity contribution in [1.29, 1.82) is 0 Å². The number of hydrogen-bond donors (Lipinski definition) is 0. The minimum Gasteiger partial charge on any atom is -0.353 e. The van der Waals surface area contributed by atoms with Crippen molar-refractivity contribution in [2.75, 3.05) is 32.3 Å². The first-order valence-electron chi connectivity index (χ1n) is 6.61. The van der Waals surface area contributed by atoms with E-state index in [1.165, 1.54) is 0 Å². The van der Waals surface area contributed by atoms with E-state index < -0.39 is 32.6 Å². The molecule has 1 fully saturated rings. The Labute approximate surface area is 126 Å². The molecule has 1 heterocycles. The molecule has 126 valence electrons. The highest BCUT2D eigenvalue weighted by Crippen LogP contribution is 2.17. The van der Waals surface area contributed by atoms with Crippen LogP contribution in [0.4, 0.5) is 0 Å². The van der Waals surface area contributed by atoms with Crippen molar-refractivity contribution in [3.05, 3.63) is 0 Å². The van der Waals surface area contributed by atoms with Crippen LogP contribution in [0.15, 0.2) is 0 Å². The highest BCUT2D eigenvalue weighted by atomic mass is 32.2. The molecule has 0 saturated carbocycles. The van der Waals surface area contributed by atoms with Crippen LogP contribution in [0.25, 0.3) is 0 Å². The third-order valence-corrected chi connectivity index (χ3v) is 3.85. The Kier molecular flexibility index (Phi) is 7.51. The molecule has 0 amide bonds. The summed E-state index contributed by atoms with van der Waals surface area (Å²) in [5.41, 5.74) is 0. The van der Waals surface area contributed by atoms with Gasteiger partial charge in [-0.15, -0.1) is 0 Å². The van der Waals surface area contributed by atoms with Crippen molar-refractivity contribution in [3.8, 4) is 0 Å². The molecule has 21 heavy (non-hydrogen) atoms. The van der Waals surface area contributed by atoms with E-state index in [9.17, 15) is 16.8 Å². The summed E-state index contributed by atoms with van der Waals surface area (Å²) < 4.78 is 64.2. The summed E-state index contributed by atoms with van der Waals surface area (Å²) in [7, 11) is -7.14. The lowest BCUT2D eigenvalue weighted by Crippen LogP contribution is -2.32. The van der Waals surface area contributed by atoms with Crippen molar-refractivity contribution < 1.29 is 34.7 Å². The molecule has 1 aliphatic heterocycles. The molecule has 0 radical (unpaired) electrons. The van der Waals surface area contributed by atoms with Gasteiger partial charge in [-0.25, -0.2) is 0 Å². The van der Waals surface area contributed by atoms with E-state index in [2.05, 4.69) is 4.18 Å². The summed E-state index contributed by atoms with van der Waals surface area (Å²) in [6.07, 6.45) is 3.65. The summed E-state index contributed by atoms with van der Waals surface area (Å²) in [4.78, 5) is 0. The standard InChI is InChI=1S/C11H22O8S2/c1-20(12,13)17-8-6-10(9-18-21(2,14)15)19-11-5-3-4-7-16-11/h10-11H,3-9H2,1-2H3/t10-,11?/m1/s1. The van der Waals surface area contributed by atoms with Gasteiger partial charge in [-0.05, 0) is 19.3 Å². The van der Waals surface area contributed by atoms with Crippen LogP contribution in [-0.4, -0.2) is 61.6 Å². The second-order valence-corrected chi connectivity index (χ2v) is 8.15. The van der Waals surface area contributed by atoms with Gasteiger partial charge < -0.3 is 9.47 Å². The minimum absolute atomic E-state index is 0.108. The molecule has 8 nitrogen and oxygen atoms in total. The van der Waals surface area contributed by atoms with Crippen LogP contribution in [0, 0.1) is 0 Å². The van der Waals surface area contributed by atoms with Gasteiger partial charge in [0.25, 0.3) is 20.2 Å². The molecule has 0 aliphatic carbocycles. The number of ether oxygens (including phenoxy) is 2. The van der Waals surface area contributed by atoms with Gasteiger partial charge in [0.05, 0.1) is 31.8 Å². The van der Waals surface area contributed by atoms with Crippen molar-refractivity contribution in [1.82, 2.24) is 0 Å². The lowest BCUT2D eigenvalue weighted by molar-refractivity contribution is -0.195. The Hall–Kier alpha value is -0.260. The SMILES string of the molecule is CS(=O)(=O)OCC[C@H](COS(C)(=O)=O)OC1CCCCO1. The lowest BCUT2D eigenvalue weighted by Gasteiger charge is -2.27. The van der Waals surface area contributed by atoms with E-state index in [0.717, 1.165) is 25.4 Å². The Balaban J connectivity index is 2.47. The van der Waals surface area contributed by atoms with Gasteiger partial charge in [-0.3, -0.25) is 8.37 Å². The molecule has 2 atom stereocenters. The molecule has 1 saturated heterocycles. The fourth-order valence-electron chi connectivity index (χ4n) is 1.75. The third-order valence-electron chi connectivity index (χ3n) is 2.69. The van der Waals surface area contributed by atoms with E-state index in [1.54, 1.807) is 0 Å². The predicted molar refractivity (Wildman–Crippen MR) is 74.7 cm³/mol. The van der Waals surface area contributed by atoms with Crippen molar-refractivity contribution in [3.63, 3.8) is 0 Å². The molecule has 1 rings (SSSR count). The molecule has 10 heteroatoms. The van der Waals surface area contributed by atoms with Gasteiger partial charge in [0.1, 0.15) is 0 Å². The maximum atomic E-state index is 11.0. The summed E-state index contributed by atoms with van der Waals surface area (Å²) in [5.74, 6) is 0. The van der Waals surface area contributed by atoms with E-state index in [1.807, 2.05) is 0 Å². The Morgan fingerprint density at radius 3 is 2.29 bits per heavy atom. The minimum atomic E-state index is -3.59. The van der Waals surface area contributed by atoms with Gasteiger partial charge in [0.15, 0.2) is 6.29 Å². The van der Waals surface area contributed by atoms with Crippen molar-refractivity contribution in [2.45, 2.75) is 38.1 Å². The monoisotopic (exact) mass is 346 g/mol. The maximum Gasteiger partial charge on any atom is 0.264 e. The van der Waals surface area contributed by atoms with E-state index in [4.69, 9.17) is 13.7 Å². The zero-order valence-electron chi connectivity index (χ0n) is 12.2. The quantitative estimate of drug-likeness (QED) is 0.547. The van der Waals surface area contributed by atoms with E-state index >= 15 is 0 Å². The van der Waals surface area contributed by atoms with Gasteiger partial charge in [-0.2, -0.15) is 16.8 Å². The summed E-state index contributed by atoms with van der Waals surface area (Å²) in [5, 5.41) is 0. The molecule has 0 aromatic carbocycles. The first-order chi connectivity index (χ1) is 9.66. The smallest absolute Gasteiger partial charge is 0.264 e. The Morgan fingerprint density at radius 2 is 1.76 bits per heavy atom. The van der Waals surface area contributed by atoms with E-state index in [0.29, 0.717) is 13.0 Å². The first kappa shape index (κ1) is 18.8. The first-order valence-corrected chi connectivity index (χ1v) is 10.2. The maximum absolute atomic E-state index is 11.0. The fraction of sp³-hybridized carbons (Fsp3) is 1.00. The van der Waals surface area contributed by atoms with Crippen molar-refractivity contribution >= 4 is 20.2 Å². The molecule has 0 spiro atoms. The largest absolute Gasteiger partial charge is 0.353 e. The number of hydrogen-bond acceptors (Lipinski definition) is 8. The van der Waals surface area contributed by atoms with Crippen LogP contribution in [0.5, 0.6) is 0 Å². The van der Waals surface area contributed by atoms with Crippen LogP contribution < -0.4 is 0 Å². The average molecular weight is 346 g/mol. The molecule has 0 aromatic heterocycles. The molecule has 0 bridgehead atoms. The Morgan fingerprint density at radius 1 is 1.10 bits per heavy atom. The second kappa shape index (κ2) is 8.39. The second-order valence-electron chi connectivity index (χ2n) is 4.86.